The lowest BCUT2D eigenvalue weighted by Crippen LogP contribution is -2.36. The molecule has 0 aromatic carbocycles. The van der Waals surface area contributed by atoms with Gasteiger partial charge in [0.05, 0.1) is 17.9 Å². The molecule has 1 aliphatic rings. The Morgan fingerprint density at radius 3 is 3.17 bits per heavy atom. The van der Waals surface area contributed by atoms with E-state index in [0.29, 0.717) is 6.54 Å². The molecule has 1 aliphatic carbocycles. The molecule has 0 bridgehead atoms. The van der Waals surface area contributed by atoms with Crippen LogP contribution in [-0.4, -0.2) is 35.1 Å². The van der Waals surface area contributed by atoms with Crippen LogP contribution in [0.15, 0.2) is 6.33 Å². The van der Waals surface area contributed by atoms with Gasteiger partial charge in [0.15, 0.2) is 0 Å². The third-order valence-electron chi connectivity index (χ3n) is 3.50. The molecule has 0 saturated heterocycles. The first-order valence-electron chi connectivity index (χ1n) is 6.72. The van der Waals surface area contributed by atoms with Gasteiger partial charge in [-0.05, 0) is 25.8 Å². The number of likely N-dealkylation sites (N-methyl/N-ethyl adjacent to an activating group) is 1. The average Bonchev–Trinajstić information content (AvgIpc) is 2.76. The fourth-order valence-corrected chi connectivity index (χ4v) is 2.51. The van der Waals surface area contributed by atoms with Crippen LogP contribution in [0.2, 0.25) is 0 Å². The predicted octanol–water partition coefficient (Wildman–Crippen LogP) is 0.566. The number of aryl methyl sites for hydroxylation is 1. The molecule has 0 fully saturated rings. The quantitative estimate of drug-likeness (QED) is 0.751. The summed E-state index contributed by atoms with van der Waals surface area (Å²) < 4.78 is 2.04. The van der Waals surface area contributed by atoms with Gasteiger partial charge in [-0.15, -0.1) is 0 Å². The number of aromatic nitrogens is 2. The van der Waals surface area contributed by atoms with E-state index < -0.39 is 0 Å². The Hall–Kier alpha value is -1.36. The van der Waals surface area contributed by atoms with Gasteiger partial charge in [-0.3, -0.25) is 4.79 Å². The highest BCUT2D eigenvalue weighted by Crippen LogP contribution is 2.30. The number of carbonyl (C=O) groups is 1. The molecular weight excluding hydrogens is 228 g/mol. The first-order chi connectivity index (χ1) is 8.74. The summed E-state index contributed by atoms with van der Waals surface area (Å²) in [6, 6.07) is 0. The summed E-state index contributed by atoms with van der Waals surface area (Å²) in [5.74, 6) is 0.0594. The van der Waals surface area contributed by atoms with Gasteiger partial charge in [0.25, 0.3) is 0 Å². The molecule has 0 radical (unpaired) electrons. The molecule has 0 aliphatic heterocycles. The summed E-state index contributed by atoms with van der Waals surface area (Å²) in [5.41, 5.74) is 2.19. The lowest BCUT2D eigenvalue weighted by atomic mass is 9.89. The van der Waals surface area contributed by atoms with E-state index >= 15 is 0 Å². The summed E-state index contributed by atoms with van der Waals surface area (Å²) in [7, 11) is 2.00. The largest absolute Gasteiger partial charge is 0.354 e. The molecule has 2 N–H and O–H groups in total. The van der Waals surface area contributed by atoms with Gasteiger partial charge >= 0.3 is 0 Å². The molecule has 1 unspecified atom stereocenters. The normalized spacial score (nSPS) is 18.4. The number of hydrogen-bond acceptors (Lipinski definition) is 3. The Bertz CT molecular complexity index is 413. The minimum Gasteiger partial charge on any atom is -0.354 e. The van der Waals surface area contributed by atoms with E-state index in [1.807, 2.05) is 17.9 Å². The molecular formula is C13H22N4O. The van der Waals surface area contributed by atoms with E-state index in [1.165, 1.54) is 5.69 Å². The van der Waals surface area contributed by atoms with Gasteiger partial charge in [-0.25, -0.2) is 4.98 Å². The third kappa shape index (κ3) is 2.72. The fraction of sp³-hybridized carbons (Fsp3) is 0.692. The van der Waals surface area contributed by atoms with Gasteiger partial charge in [0.1, 0.15) is 0 Å². The highest BCUT2D eigenvalue weighted by atomic mass is 16.1. The van der Waals surface area contributed by atoms with Crippen molar-refractivity contribution in [3.8, 4) is 0 Å². The lowest BCUT2D eigenvalue weighted by Gasteiger charge is -2.21. The first-order valence-corrected chi connectivity index (χ1v) is 6.72. The molecule has 1 aromatic heterocycles. The molecule has 0 saturated carbocycles. The zero-order chi connectivity index (χ0) is 13.0. The predicted molar refractivity (Wildman–Crippen MR) is 70.4 cm³/mol. The summed E-state index contributed by atoms with van der Waals surface area (Å²) in [4.78, 5) is 16.5. The SMILES string of the molecule is CCNCCNC(=O)C1CCCc2c1ncn2C. The molecule has 5 heteroatoms. The lowest BCUT2D eigenvalue weighted by molar-refractivity contribution is -0.122. The van der Waals surface area contributed by atoms with Crippen LogP contribution in [0.1, 0.15) is 37.1 Å². The summed E-state index contributed by atoms with van der Waals surface area (Å²) in [6.45, 7) is 4.50. The van der Waals surface area contributed by atoms with Crippen LogP contribution in [0, 0.1) is 0 Å². The molecule has 5 nitrogen and oxygen atoms in total. The van der Waals surface area contributed by atoms with Crippen LogP contribution in [0.5, 0.6) is 0 Å². The van der Waals surface area contributed by atoms with Crippen LogP contribution < -0.4 is 10.6 Å². The third-order valence-corrected chi connectivity index (χ3v) is 3.50. The fourth-order valence-electron chi connectivity index (χ4n) is 2.51. The van der Waals surface area contributed by atoms with E-state index in [4.69, 9.17) is 0 Å². The molecule has 1 atom stereocenters. The van der Waals surface area contributed by atoms with Crippen molar-refractivity contribution in [3.05, 3.63) is 17.7 Å². The van der Waals surface area contributed by atoms with E-state index in [9.17, 15) is 4.79 Å². The first kappa shape index (κ1) is 13.1. The Labute approximate surface area is 108 Å². The summed E-state index contributed by atoms with van der Waals surface area (Å²) in [6.07, 6.45) is 4.83. The van der Waals surface area contributed by atoms with Gasteiger partial charge in [0, 0.05) is 25.8 Å². The molecule has 1 amide bonds. The second-order valence-corrected chi connectivity index (χ2v) is 4.78. The minimum atomic E-state index is -0.0587. The second kappa shape index (κ2) is 6.00. The number of hydrogen-bond donors (Lipinski definition) is 2. The van der Waals surface area contributed by atoms with Crippen LogP contribution in [0.25, 0.3) is 0 Å². The molecule has 0 spiro atoms. The number of carbonyl (C=O) groups excluding carboxylic acids is 1. The van der Waals surface area contributed by atoms with Gasteiger partial charge in [0.2, 0.25) is 5.91 Å². The van der Waals surface area contributed by atoms with E-state index in [1.54, 1.807) is 0 Å². The van der Waals surface area contributed by atoms with Gasteiger partial charge in [-0.1, -0.05) is 6.92 Å². The Balaban J connectivity index is 1.95. The highest BCUT2D eigenvalue weighted by molar-refractivity contribution is 5.83. The van der Waals surface area contributed by atoms with Crippen molar-refractivity contribution >= 4 is 5.91 Å². The Morgan fingerprint density at radius 2 is 2.39 bits per heavy atom. The van der Waals surface area contributed by atoms with Crippen molar-refractivity contribution in [3.63, 3.8) is 0 Å². The molecule has 1 heterocycles. The smallest absolute Gasteiger partial charge is 0.229 e. The standard InChI is InChI=1S/C13H22N4O/c1-3-14-7-8-15-13(18)10-5-4-6-11-12(10)16-9-17(11)2/h9-10,14H,3-8H2,1-2H3,(H,15,18). The molecule has 18 heavy (non-hydrogen) atoms. The number of imidazole rings is 1. The zero-order valence-corrected chi connectivity index (χ0v) is 11.2. The van der Waals surface area contributed by atoms with Crippen molar-refractivity contribution in [1.82, 2.24) is 20.2 Å². The second-order valence-electron chi connectivity index (χ2n) is 4.78. The monoisotopic (exact) mass is 250 g/mol. The number of fused-ring (bicyclic) bond motifs is 1. The topological polar surface area (TPSA) is 58.9 Å². The van der Waals surface area contributed by atoms with Crippen LogP contribution in [-0.2, 0) is 18.3 Å². The van der Waals surface area contributed by atoms with Crippen LogP contribution >= 0.6 is 0 Å². The van der Waals surface area contributed by atoms with E-state index in [2.05, 4.69) is 22.5 Å². The van der Waals surface area contributed by atoms with Crippen molar-refractivity contribution in [2.75, 3.05) is 19.6 Å². The average molecular weight is 250 g/mol. The number of rotatable bonds is 5. The number of nitrogens with one attached hydrogen (secondary N) is 2. The maximum absolute atomic E-state index is 12.1. The van der Waals surface area contributed by atoms with Gasteiger partial charge < -0.3 is 15.2 Å². The van der Waals surface area contributed by atoms with Crippen LogP contribution in [0.4, 0.5) is 0 Å². The van der Waals surface area contributed by atoms with E-state index in [-0.39, 0.29) is 11.8 Å². The Morgan fingerprint density at radius 1 is 1.56 bits per heavy atom. The zero-order valence-electron chi connectivity index (χ0n) is 11.2. The summed E-state index contributed by atoms with van der Waals surface area (Å²) in [5, 5.41) is 6.18. The molecule has 2 rings (SSSR count). The summed E-state index contributed by atoms with van der Waals surface area (Å²) >= 11 is 0. The van der Waals surface area contributed by atoms with E-state index in [0.717, 1.165) is 38.0 Å². The van der Waals surface area contributed by atoms with Crippen molar-refractivity contribution in [2.24, 2.45) is 7.05 Å². The number of amides is 1. The van der Waals surface area contributed by atoms with Gasteiger partial charge in [-0.2, -0.15) is 0 Å². The minimum absolute atomic E-state index is 0.0587. The Kier molecular flexibility index (Phi) is 4.36. The van der Waals surface area contributed by atoms with Crippen molar-refractivity contribution < 1.29 is 4.79 Å². The maximum atomic E-state index is 12.1. The maximum Gasteiger partial charge on any atom is 0.229 e. The van der Waals surface area contributed by atoms with Crippen molar-refractivity contribution in [2.45, 2.75) is 32.1 Å². The molecule has 100 valence electrons. The van der Waals surface area contributed by atoms with Crippen LogP contribution in [0.3, 0.4) is 0 Å². The molecule has 1 aromatic rings. The number of nitrogens with zero attached hydrogens (tertiary/aromatic N) is 2. The highest BCUT2D eigenvalue weighted by Gasteiger charge is 2.29. The van der Waals surface area contributed by atoms with Crippen molar-refractivity contribution in [1.29, 1.82) is 0 Å².